The third kappa shape index (κ3) is 4.18. The van der Waals surface area contributed by atoms with Crippen molar-refractivity contribution in [3.63, 3.8) is 0 Å². The van der Waals surface area contributed by atoms with E-state index in [-0.39, 0.29) is 35.4 Å². The Labute approximate surface area is 206 Å². The zero-order valence-corrected chi connectivity index (χ0v) is 21.9. The molecule has 0 amide bonds. The molecule has 1 heterocycles. The number of aliphatic hydroxyl groups is 1. The highest BCUT2D eigenvalue weighted by Crippen LogP contribution is 2.68. The van der Waals surface area contributed by atoms with Crippen molar-refractivity contribution in [3.8, 4) is 0 Å². The van der Waals surface area contributed by atoms with Gasteiger partial charge in [-0.15, -0.1) is 0 Å². The third-order valence-electron chi connectivity index (χ3n) is 10.9. The van der Waals surface area contributed by atoms with Crippen molar-refractivity contribution in [2.24, 2.45) is 34.5 Å². The lowest BCUT2D eigenvalue weighted by atomic mass is 9.43. The molecule has 1 saturated heterocycles. The molecule has 5 rings (SSSR count). The van der Waals surface area contributed by atoms with Gasteiger partial charge in [-0.05, 0) is 100 Å². The van der Waals surface area contributed by atoms with E-state index in [4.69, 9.17) is 23.7 Å². The standard InChI is InChI=1S/C28H48O6/c1-5-30-24(31-6-2)18-34-23-16-19-8-9-22-21(10-13-26(3)11-7-12-28(22,26)29)27(19,4)17-20(23)25-32-14-15-33-25/h19-25,29H,5-18H2,1-4H3/t19-,20?,21+,22-,23-,26+,27+,28+/m1/s1. The molecule has 4 aliphatic carbocycles. The maximum Gasteiger partial charge on any atom is 0.180 e. The second-order valence-corrected chi connectivity index (χ2v) is 12.3. The van der Waals surface area contributed by atoms with Crippen LogP contribution in [0.25, 0.3) is 0 Å². The lowest BCUT2D eigenvalue weighted by molar-refractivity contribution is -0.240. The van der Waals surface area contributed by atoms with E-state index < -0.39 is 5.60 Å². The van der Waals surface area contributed by atoms with Crippen molar-refractivity contribution in [1.29, 1.82) is 0 Å². The van der Waals surface area contributed by atoms with Gasteiger partial charge in [0.25, 0.3) is 0 Å². The number of fused-ring (bicyclic) bond motifs is 5. The van der Waals surface area contributed by atoms with Crippen molar-refractivity contribution in [3.05, 3.63) is 0 Å². The molecule has 196 valence electrons. The summed E-state index contributed by atoms with van der Waals surface area (Å²) in [5, 5.41) is 12.0. The first kappa shape index (κ1) is 25.4. The van der Waals surface area contributed by atoms with E-state index >= 15 is 0 Å². The zero-order chi connectivity index (χ0) is 24.0. The lowest BCUT2D eigenvalue weighted by Crippen LogP contribution is -2.62. The van der Waals surface area contributed by atoms with Crippen LogP contribution < -0.4 is 0 Å². The summed E-state index contributed by atoms with van der Waals surface area (Å²) in [6.07, 6.45) is 9.79. The number of hydrogen-bond acceptors (Lipinski definition) is 6. The Morgan fingerprint density at radius 1 is 0.941 bits per heavy atom. The van der Waals surface area contributed by atoms with Gasteiger partial charge < -0.3 is 28.8 Å². The number of rotatable bonds is 8. The fourth-order valence-electron chi connectivity index (χ4n) is 9.10. The average Bonchev–Trinajstić information content (AvgIpc) is 3.45. The summed E-state index contributed by atoms with van der Waals surface area (Å²) in [6, 6.07) is 0. The Balaban J connectivity index is 1.36. The second-order valence-electron chi connectivity index (χ2n) is 12.3. The predicted molar refractivity (Wildman–Crippen MR) is 129 cm³/mol. The van der Waals surface area contributed by atoms with Crippen LogP contribution in [0.5, 0.6) is 0 Å². The van der Waals surface area contributed by atoms with Crippen LogP contribution in [-0.4, -0.2) is 62.4 Å². The molecule has 0 bridgehead atoms. The molecule has 0 radical (unpaired) electrons. The van der Waals surface area contributed by atoms with Crippen LogP contribution in [-0.2, 0) is 23.7 Å². The van der Waals surface area contributed by atoms with Crippen LogP contribution in [0.4, 0.5) is 0 Å². The highest BCUT2D eigenvalue weighted by Gasteiger charge is 2.65. The molecule has 6 nitrogen and oxygen atoms in total. The van der Waals surface area contributed by atoms with Gasteiger partial charge in [0.2, 0.25) is 0 Å². The minimum atomic E-state index is -0.477. The van der Waals surface area contributed by atoms with E-state index in [1.54, 1.807) is 0 Å². The summed E-state index contributed by atoms with van der Waals surface area (Å²) in [6.45, 7) is 11.9. The van der Waals surface area contributed by atoms with Crippen molar-refractivity contribution in [1.82, 2.24) is 0 Å². The average molecular weight is 481 g/mol. The largest absolute Gasteiger partial charge is 0.389 e. The molecule has 5 fully saturated rings. The number of hydrogen-bond donors (Lipinski definition) is 1. The molecule has 0 spiro atoms. The minimum Gasteiger partial charge on any atom is -0.389 e. The molecule has 0 aromatic heterocycles. The Morgan fingerprint density at radius 3 is 2.38 bits per heavy atom. The normalized spacial score (nSPS) is 46.9. The Morgan fingerprint density at radius 2 is 1.68 bits per heavy atom. The SMILES string of the molecule is CCOC(CO[C@@H]1C[C@H]2CC[C@@H]3[C@H](CC[C@]4(C)CCC[C@]34O)[C@@]2(C)CC1C1OCCO1)OCC. The summed E-state index contributed by atoms with van der Waals surface area (Å²) in [4.78, 5) is 0. The van der Waals surface area contributed by atoms with Crippen LogP contribution in [0.3, 0.4) is 0 Å². The van der Waals surface area contributed by atoms with Gasteiger partial charge in [-0.3, -0.25) is 0 Å². The van der Waals surface area contributed by atoms with E-state index in [9.17, 15) is 5.11 Å². The first-order valence-electron chi connectivity index (χ1n) is 14.1. The third-order valence-corrected chi connectivity index (χ3v) is 10.9. The highest BCUT2D eigenvalue weighted by atomic mass is 16.7. The fraction of sp³-hybridized carbons (Fsp3) is 1.00. The van der Waals surface area contributed by atoms with E-state index in [2.05, 4.69) is 13.8 Å². The summed E-state index contributed by atoms with van der Waals surface area (Å²) in [7, 11) is 0. The van der Waals surface area contributed by atoms with Gasteiger partial charge in [0.15, 0.2) is 12.6 Å². The Bertz CT molecular complexity index is 690. The monoisotopic (exact) mass is 480 g/mol. The molecule has 0 aromatic carbocycles. The molecular weight excluding hydrogens is 432 g/mol. The van der Waals surface area contributed by atoms with Gasteiger partial charge in [-0.2, -0.15) is 0 Å². The van der Waals surface area contributed by atoms with E-state index in [0.29, 0.717) is 50.8 Å². The van der Waals surface area contributed by atoms with Gasteiger partial charge in [-0.25, -0.2) is 0 Å². The van der Waals surface area contributed by atoms with E-state index in [1.165, 1.54) is 32.1 Å². The molecule has 5 aliphatic rings. The smallest absolute Gasteiger partial charge is 0.180 e. The molecule has 1 unspecified atom stereocenters. The first-order chi connectivity index (χ1) is 16.3. The van der Waals surface area contributed by atoms with E-state index in [0.717, 1.165) is 25.7 Å². The summed E-state index contributed by atoms with van der Waals surface area (Å²) in [5.41, 5.74) is -0.167. The van der Waals surface area contributed by atoms with Crippen molar-refractivity contribution >= 4 is 0 Å². The van der Waals surface area contributed by atoms with Crippen LogP contribution in [0.2, 0.25) is 0 Å². The Hall–Kier alpha value is -0.240. The van der Waals surface area contributed by atoms with Gasteiger partial charge in [0.1, 0.15) is 0 Å². The van der Waals surface area contributed by atoms with Crippen molar-refractivity contribution < 1.29 is 28.8 Å². The predicted octanol–water partition coefficient (Wildman–Crippen LogP) is 4.92. The van der Waals surface area contributed by atoms with Gasteiger partial charge in [0, 0.05) is 19.1 Å². The van der Waals surface area contributed by atoms with Gasteiger partial charge >= 0.3 is 0 Å². The molecule has 1 N–H and O–H groups in total. The molecular formula is C28H48O6. The minimum absolute atomic E-state index is 0.0876. The van der Waals surface area contributed by atoms with E-state index in [1.807, 2.05) is 13.8 Å². The lowest BCUT2D eigenvalue weighted by Gasteiger charge is -2.64. The second kappa shape index (κ2) is 9.90. The van der Waals surface area contributed by atoms with Crippen LogP contribution in [0.15, 0.2) is 0 Å². The first-order valence-corrected chi connectivity index (χ1v) is 14.1. The molecule has 0 aromatic rings. The fourth-order valence-corrected chi connectivity index (χ4v) is 9.10. The van der Waals surface area contributed by atoms with Crippen LogP contribution in [0.1, 0.15) is 85.5 Å². The molecule has 8 atom stereocenters. The molecule has 6 heteroatoms. The molecule has 1 aliphatic heterocycles. The van der Waals surface area contributed by atoms with Crippen LogP contribution in [0, 0.1) is 34.5 Å². The quantitative estimate of drug-likeness (QED) is 0.498. The Kier molecular flexibility index (Phi) is 7.40. The summed E-state index contributed by atoms with van der Waals surface area (Å²) in [5.74, 6) is 1.83. The van der Waals surface area contributed by atoms with Gasteiger partial charge in [-0.1, -0.05) is 13.8 Å². The van der Waals surface area contributed by atoms with Crippen molar-refractivity contribution in [2.45, 2.75) is 110 Å². The van der Waals surface area contributed by atoms with Crippen molar-refractivity contribution in [2.75, 3.05) is 33.0 Å². The highest BCUT2D eigenvalue weighted by molar-refractivity contribution is 5.15. The van der Waals surface area contributed by atoms with Gasteiger partial charge in [0.05, 0.1) is 31.5 Å². The maximum atomic E-state index is 12.0. The zero-order valence-electron chi connectivity index (χ0n) is 21.9. The maximum absolute atomic E-state index is 12.0. The van der Waals surface area contributed by atoms with Crippen LogP contribution >= 0.6 is 0 Å². The summed E-state index contributed by atoms with van der Waals surface area (Å²) >= 11 is 0. The number of ether oxygens (including phenoxy) is 5. The topological polar surface area (TPSA) is 66.4 Å². The molecule has 4 saturated carbocycles. The molecule has 34 heavy (non-hydrogen) atoms. The summed E-state index contributed by atoms with van der Waals surface area (Å²) < 4.78 is 30.2.